The van der Waals surface area contributed by atoms with Crippen molar-refractivity contribution in [2.24, 2.45) is 5.92 Å². The molecule has 17 heavy (non-hydrogen) atoms. The van der Waals surface area contributed by atoms with E-state index < -0.39 is 6.10 Å². The van der Waals surface area contributed by atoms with E-state index in [1.807, 2.05) is 31.2 Å². The van der Waals surface area contributed by atoms with Crippen LogP contribution >= 0.6 is 11.8 Å². The predicted molar refractivity (Wildman–Crippen MR) is 71.5 cm³/mol. The maximum Gasteiger partial charge on any atom is 0.119 e. The maximum atomic E-state index is 9.99. The monoisotopic (exact) mass is 256 g/mol. The normalized spacial score (nSPS) is 14.4. The van der Waals surface area contributed by atoms with Gasteiger partial charge in [-0.1, -0.05) is 19.1 Å². The number of benzene rings is 1. The molecule has 0 aliphatic heterocycles. The fourth-order valence-electron chi connectivity index (χ4n) is 1.38. The first kappa shape index (κ1) is 14.4. The van der Waals surface area contributed by atoms with Gasteiger partial charge in [0.05, 0.1) is 13.2 Å². The van der Waals surface area contributed by atoms with Gasteiger partial charge in [-0.3, -0.25) is 0 Å². The lowest BCUT2D eigenvalue weighted by Crippen LogP contribution is -2.07. The number of aliphatic hydroxyl groups excluding tert-OH is 2. The van der Waals surface area contributed by atoms with E-state index in [0.717, 1.165) is 17.1 Å². The van der Waals surface area contributed by atoms with E-state index in [-0.39, 0.29) is 12.5 Å². The molecular formula is C13H20O3S. The summed E-state index contributed by atoms with van der Waals surface area (Å²) in [6.45, 7) is 2.19. The van der Waals surface area contributed by atoms with Crippen LogP contribution in [-0.2, 0) is 0 Å². The summed E-state index contributed by atoms with van der Waals surface area (Å²) in [4.78, 5) is 0. The van der Waals surface area contributed by atoms with Gasteiger partial charge in [0.2, 0.25) is 0 Å². The molecule has 0 heterocycles. The van der Waals surface area contributed by atoms with E-state index in [1.165, 1.54) is 0 Å². The summed E-state index contributed by atoms with van der Waals surface area (Å²) in [6.07, 6.45) is -0.485. The summed E-state index contributed by atoms with van der Waals surface area (Å²) in [6, 6.07) is 7.47. The van der Waals surface area contributed by atoms with Gasteiger partial charge >= 0.3 is 0 Å². The molecule has 2 unspecified atom stereocenters. The SMILES string of the molecule is COc1cccc(C(O)CSCC(C)CO)c1. The van der Waals surface area contributed by atoms with E-state index in [4.69, 9.17) is 9.84 Å². The quantitative estimate of drug-likeness (QED) is 0.784. The number of thioether (sulfide) groups is 1. The molecule has 0 aromatic heterocycles. The first-order chi connectivity index (χ1) is 8.17. The lowest BCUT2D eigenvalue weighted by Gasteiger charge is -2.13. The second-order valence-electron chi connectivity index (χ2n) is 4.12. The molecule has 0 amide bonds. The maximum absolute atomic E-state index is 9.99. The van der Waals surface area contributed by atoms with Crippen LogP contribution < -0.4 is 4.74 Å². The van der Waals surface area contributed by atoms with Gasteiger partial charge in [0, 0.05) is 12.4 Å². The van der Waals surface area contributed by atoms with Gasteiger partial charge < -0.3 is 14.9 Å². The summed E-state index contributed by atoms with van der Waals surface area (Å²) in [5, 5.41) is 18.9. The number of ether oxygens (including phenoxy) is 1. The molecule has 0 bridgehead atoms. The average molecular weight is 256 g/mol. The highest BCUT2D eigenvalue weighted by Gasteiger charge is 2.09. The molecule has 1 aromatic rings. The Bertz CT molecular complexity index is 330. The lowest BCUT2D eigenvalue weighted by molar-refractivity contribution is 0.203. The number of hydrogen-bond donors (Lipinski definition) is 2. The Morgan fingerprint density at radius 2 is 2.12 bits per heavy atom. The number of aliphatic hydroxyl groups is 2. The van der Waals surface area contributed by atoms with Crippen LogP contribution in [0.3, 0.4) is 0 Å². The minimum absolute atomic E-state index is 0.197. The van der Waals surface area contributed by atoms with Gasteiger partial charge in [-0.15, -0.1) is 0 Å². The molecule has 2 atom stereocenters. The Morgan fingerprint density at radius 3 is 2.76 bits per heavy atom. The van der Waals surface area contributed by atoms with Crippen molar-refractivity contribution in [2.45, 2.75) is 13.0 Å². The van der Waals surface area contributed by atoms with Crippen molar-refractivity contribution in [1.29, 1.82) is 0 Å². The largest absolute Gasteiger partial charge is 0.497 e. The van der Waals surface area contributed by atoms with Crippen molar-refractivity contribution < 1.29 is 14.9 Å². The average Bonchev–Trinajstić information content (AvgIpc) is 2.38. The zero-order valence-corrected chi connectivity index (χ0v) is 11.1. The van der Waals surface area contributed by atoms with Crippen LogP contribution in [0, 0.1) is 5.92 Å². The summed E-state index contributed by atoms with van der Waals surface area (Å²) in [7, 11) is 1.61. The highest BCUT2D eigenvalue weighted by atomic mass is 32.2. The van der Waals surface area contributed by atoms with Gasteiger partial charge in [0.1, 0.15) is 5.75 Å². The molecule has 0 fully saturated rings. The summed E-state index contributed by atoms with van der Waals surface area (Å²) >= 11 is 1.65. The molecule has 0 aliphatic carbocycles. The van der Waals surface area contributed by atoms with Gasteiger partial charge in [0.25, 0.3) is 0 Å². The van der Waals surface area contributed by atoms with E-state index >= 15 is 0 Å². The lowest BCUT2D eigenvalue weighted by atomic mass is 10.1. The first-order valence-corrected chi connectivity index (χ1v) is 6.83. The van der Waals surface area contributed by atoms with Crippen molar-refractivity contribution in [3.05, 3.63) is 29.8 Å². The molecule has 1 rings (SSSR count). The second-order valence-corrected chi connectivity index (χ2v) is 5.19. The molecule has 0 spiro atoms. The third-order valence-electron chi connectivity index (χ3n) is 2.47. The van der Waals surface area contributed by atoms with Gasteiger partial charge in [-0.25, -0.2) is 0 Å². The number of rotatable bonds is 7. The van der Waals surface area contributed by atoms with E-state index in [9.17, 15) is 5.11 Å². The second kappa shape index (κ2) is 7.58. The highest BCUT2D eigenvalue weighted by Crippen LogP contribution is 2.23. The van der Waals surface area contributed by atoms with Crippen LogP contribution in [0.2, 0.25) is 0 Å². The number of methoxy groups -OCH3 is 1. The first-order valence-electron chi connectivity index (χ1n) is 5.68. The van der Waals surface area contributed by atoms with Crippen molar-refractivity contribution in [2.75, 3.05) is 25.2 Å². The Morgan fingerprint density at radius 1 is 1.35 bits per heavy atom. The smallest absolute Gasteiger partial charge is 0.119 e. The highest BCUT2D eigenvalue weighted by molar-refractivity contribution is 7.99. The van der Waals surface area contributed by atoms with Crippen molar-refractivity contribution in [1.82, 2.24) is 0 Å². The third-order valence-corrected chi connectivity index (χ3v) is 3.82. The van der Waals surface area contributed by atoms with E-state index in [2.05, 4.69) is 0 Å². The molecule has 96 valence electrons. The van der Waals surface area contributed by atoms with Crippen LogP contribution in [0.4, 0.5) is 0 Å². The minimum Gasteiger partial charge on any atom is -0.497 e. The Balaban J connectivity index is 2.43. The fourth-order valence-corrected chi connectivity index (χ4v) is 2.44. The van der Waals surface area contributed by atoms with Gasteiger partial charge in [0.15, 0.2) is 0 Å². The zero-order valence-electron chi connectivity index (χ0n) is 10.3. The standard InChI is InChI=1S/C13H20O3S/c1-10(7-14)8-17-9-13(15)11-4-3-5-12(6-11)16-2/h3-6,10,13-15H,7-9H2,1-2H3. The Labute approximate surface area is 107 Å². The summed E-state index contributed by atoms with van der Waals surface area (Å²) < 4.78 is 5.11. The fraction of sp³-hybridized carbons (Fsp3) is 0.538. The Hall–Kier alpha value is -0.710. The minimum atomic E-state index is -0.485. The van der Waals surface area contributed by atoms with E-state index in [1.54, 1.807) is 18.9 Å². The molecule has 3 nitrogen and oxygen atoms in total. The molecular weight excluding hydrogens is 236 g/mol. The van der Waals surface area contributed by atoms with Gasteiger partial charge in [-0.2, -0.15) is 11.8 Å². The molecule has 4 heteroatoms. The zero-order chi connectivity index (χ0) is 12.7. The molecule has 0 saturated carbocycles. The number of hydrogen-bond acceptors (Lipinski definition) is 4. The molecule has 0 radical (unpaired) electrons. The predicted octanol–water partition coefficient (Wildman–Crippen LogP) is 2.09. The summed E-state index contributed by atoms with van der Waals surface area (Å²) in [5.41, 5.74) is 0.869. The molecule has 0 saturated heterocycles. The molecule has 2 N–H and O–H groups in total. The van der Waals surface area contributed by atoms with Crippen LogP contribution in [0.1, 0.15) is 18.6 Å². The van der Waals surface area contributed by atoms with Crippen molar-refractivity contribution >= 4 is 11.8 Å². The van der Waals surface area contributed by atoms with Crippen LogP contribution in [0.25, 0.3) is 0 Å². The van der Waals surface area contributed by atoms with Gasteiger partial charge in [-0.05, 0) is 29.4 Å². The molecule has 0 aliphatic rings. The summed E-state index contributed by atoms with van der Waals surface area (Å²) in [5.74, 6) is 2.53. The third kappa shape index (κ3) is 4.98. The van der Waals surface area contributed by atoms with Crippen LogP contribution in [0.5, 0.6) is 5.75 Å². The van der Waals surface area contributed by atoms with E-state index in [0.29, 0.717) is 5.75 Å². The van der Waals surface area contributed by atoms with Crippen molar-refractivity contribution in [3.63, 3.8) is 0 Å². The topological polar surface area (TPSA) is 49.7 Å². The molecule has 1 aromatic carbocycles. The van der Waals surface area contributed by atoms with Crippen LogP contribution in [-0.4, -0.2) is 35.4 Å². The Kier molecular flexibility index (Phi) is 6.40. The van der Waals surface area contributed by atoms with Crippen molar-refractivity contribution in [3.8, 4) is 5.75 Å². The van der Waals surface area contributed by atoms with Crippen LogP contribution in [0.15, 0.2) is 24.3 Å².